The van der Waals surface area contributed by atoms with E-state index in [1.54, 1.807) is 6.33 Å². The van der Waals surface area contributed by atoms with Gasteiger partial charge in [0.15, 0.2) is 5.65 Å². The smallest absolute Gasteiger partial charge is 0.219 e. The molecule has 3 aromatic rings. The molecule has 1 aliphatic heterocycles. The summed E-state index contributed by atoms with van der Waals surface area (Å²) in [6.45, 7) is 1.68. The summed E-state index contributed by atoms with van der Waals surface area (Å²) in [6.07, 6.45) is 6.55. The molecule has 90 valence electrons. The first-order valence-electron chi connectivity index (χ1n) is 5.90. The molecule has 18 heavy (non-hydrogen) atoms. The van der Waals surface area contributed by atoms with Gasteiger partial charge in [0.05, 0.1) is 18.4 Å². The number of fused-ring (bicyclic) bond motifs is 2. The van der Waals surface area contributed by atoms with E-state index in [-0.39, 0.29) is 0 Å². The van der Waals surface area contributed by atoms with Gasteiger partial charge in [-0.05, 0) is 12.1 Å². The van der Waals surface area contributed by atoms with Gasteiger partial charge in [0.1, 0.15) is 6.33 Å². The number of nitrogens with zero attached hydrogens (tertiary/aromatic N) is 5. The topological polar surface area (TPSA) is 57.2 Å². The van der Waals surface area contributed by atoms with Crippen molar-refractivity contribution in [1.29, 1.82) is 0 Å². The molecule has 0 fully saturated rings. The molecule has 4 rings (SSSR count). The summed E-state index contributed by atoms with van der Waals surface area (Å²) < 4.78 is 9.51. The lowest BCUT2D eigenvalue weighted by molar-refractivity contribution is 0.231. The van der Waals surface area contributed by atoms with Crippen molar-refractivity contribution in [3.8, 4) is 17.0 Å². The van der Waals surface area contributed by atoms with Crippen molar-refractivity contribution in [2.24, 2.45) is 0 Å². The lowest BCUT2D eigenvalue weighted by Gasteiger charge is -2.16. The zero-order chi connectivity index (χ0) is 11.9. The van der Waals surface area contributed by atoms with Gasteiger partial charge < -0.3 is 4.74 Å². The summed E-state index contributed by atoms with van der Waals surface area (Å²) in [7, 11) is 0. The van der Waals surface area contributed by atoms with Crippen molar-refractivity contribution in [3.05, 3.63) is 30.9 Å². The number of aromatic nitrogens is 5. The number of pyridine rings is 1. The van der Waals surface area contributed by atoms with Gasteiger partial charge in [-0.25, -0.2) is 4.68 Å². The van der Waals surface area contributed by atoms with E-state index in [1.165, 1.54) is 0 Å². The highest BCUT2D eigenvalue weighted by Gasteiger charge is 2.17. The molecule has 1 aliphatic rings. The number of aryl methyl sites for hydroxylation is 1. The predicted octanol–water partition coefficient (Wildman–Crippen LogP) is 1.38. The van der Waals surface area contributed by atoms with Gasteiger partial charge in [-0.15, -0.1) is 10.2 Å². The van der Waals surface area contributed by atoms with Crippen LogP contribution in [-0.4, -0.2) is 31.0 Å². The second-order valence-electron chi connectivity index (χ2n) is 4.30. The Morgan fingerprint density at radius 2 is 2.28 bits per heavy atom. The van der Waals surface area contributed by atoms with Gasteiger partial charge >= 0.3 is 0 Å². The largest absolute Gasteiger partial charge is 0.477 e. The van der Waals surface area contributed by atoms with Crippen LogP contribution < -0.4 is 4.74 Å². The van der Waals surface area contributed by atoms with Crippen molar-refractivity contribution >= 4 is 5.65 Å². The predicted molar refractivity (Wildman–Crippen MR) is 64.3 cm³/mol. The van der Waals surface area contributed by atoms with Crippen LogP contribution in [-0.2, 0) is 6.54 Å². The average Bonchev–Trinajstić information content (AvgIpc) is 3.04. The van der Waals surface area contributed by atoms with E-state index in [1.807, 2.05) is 33.6 Å². The third-order valence-corrected chi connectivity index (χ3v) is 3.15. The highest BCUT2D eigenvalue weighted by molar-refractivity contribution is 5.68. The first-order valence-corrected chi connectivity index (χ1v) is 5.90. The molecule has 0 unspecified atom stereocenters. The summed E-state index contributed by atoms with van der Waals surface area (Å²) in [6, 6.07) is 3.95. The minimum absolute atomic E-state index is 0.758. The van der Waals surface area contributed by atoms with E-state index in [0.29, 0.717) is 0 Å². The van der Waals surface area contributed by atoms with E-state index in [9.17, 15) is 0 Å². The van der Waals surface area contributed by atoms with Crippen LogP contribution in [0, 0.1) is 0 Å². The molecule has 0 saturated heterocycles. The Morgan fingerprint density at radius 3 is 3.28 bits per heavy atom. The highest BCUT2D eigenvalue weighted by Crippen LogP contribution is 2.31. The van der Waals surface area contributed by atoms with Gasteiger partial charge in [0.25, 0.3) is 0 Å². The summed E-state index contributed by atoms with van der Waals surface area (Å²) in [5.41, 5.74) is 2.91. The summed E-state index contributed by atoms with van der Waals surface area (Å²) in [5.74, 6) is 0.855. The number of ether oxygens (including phenoxy) is 1. The second kappa shape index (κ2) is 3.56. The molecule has 0 bridgehead atoms. The lowest BCUT2D eigenvalue weighted by atomic mass is 10.1. The standard InChI is InChI=1S/C12H11N5O/c1-4-17-12(18-5-1)10(6-14-17)9-2-3-11-15-13-8-16(11)7-9/h2-3,6-8H,1,4-5H2. The minimum atomic E-state index is 0.758. The van der Waals surface area contributed by atoms with Crippen molar-refractivity contribution in [3.63, 3.8) is 0 Å². The lowest BCUT2D eigenvalue weighted by Crippen LogP contribution is -2.14. The molecule has 0 saturated carbocycles. The third-order valence-electron chi connectivity index (χ3n) is 3.15. The van der Waals surface area contributed by atoms with Crippen LogP contribution in [0.5, 0.6) is 5.88 Å². The van der Waals surface area contributed by atoms with Crippen LogP contribution >= 0.6 is 0 Å². The first kappa shape index (κ1) is 9.64. The third kappa shape index (κ3) is 1.32. The van der Waals surface area contributed by atoms with Crippen molar-refractivity contribution in [2.75, 3.05) is 6.61 Å². The Morgan fingerprint density at radius 1 is 1.28 bits per heavy atom. The summed E-state index contributed by atoms with van der Waals surface area (Å²) >= 11 is 0. The Bertz CT molecular complexity index is 714. The van der Waals surface area contributed by atoms with Crippen LogP contribution in [0.4, 0.5) is 0 Å². The Hall–Kier alpha value is -2.37. The maximum atomic E-state index is 5.70. The Labute approximate surface area is 103 Å². The number of hydrogen-bond donors (Lipinski definition) is 0. The molecule has 6 nitrogen and oxygen atoms in total. The Kier molecular flexibility index (Phi) is 1.91. The van der Waals surface area contributed by atoms with Crippen molar-refractivity contribution < 1.29 is 4.74 Å². The summed E-state index contributed by atoms with van der Waals surface area (Å²) in [4.78, 5) is 0. The fraction of sp³-hybridized carbons (Fsp3) is 0.250. The molecule has 0 aromatic carbocycles. The fourth-order valence-electron chi connectivity index (χ4n) is 2.25. The quantitative estimate of drug-likeness (QED) is 0.645. The molecule has 4 heterocycles. The molecule has 0 spiro atoms. The second-order valence-corrected chi connectivity index (χ2v) is 4.30. The monoisotopic (exact) mass is 241 g/mol. The van der Waals surface area contributed by atoms with Gasteiger partial charge in [-0.2, -0.15) is 5.10 Å². The Balaban J connectivity index is 1.88. The van der Waals surface area contributed by atoms with Gasteiger partial charge in [0, 0.05) is 24.7 Å². The van der Waals surface area contributed by atoms with Crippen molar-refractivity contribution in [2.45, 2.75) is 13.0 Å². The van der Waals surface area contributed by atoms with Crippen molar-refractivity contribution in [1.82, 2.24) is 24.4 Å². The zero-order valence-corrected chi connectivity index (χ0v) is 9.65. The molecular formula is C12H11N5O. The highest BCUT2D eigenvalue weighted by atomic mass is 16.5. The van der Waals surface area contributed by atoms with E-state index in [0.717, 1.165) is 42.2 Å². The molecule has 3 aromatic heterocycles. The number of rotatable bonds is 1. The molecule has 0 atom stereocenters. The van der Waals surface area contributed by atoms with E-state index < -0.39 is 0 Å². The van der Waals surface area contributed by atoms with Gasteiger partial charge in [-0.3, -0.25) is 4.40 Å². The summed E-state index contributed by atoms with van der Waals surface area (Å²) in [5, 5.41) is 12.2. The van der Waals surface area contributed by atoms with Gasteiger partial charge in [-0.1, -0.05) is 0 Å². The van der Waals surface area contributed by atoms with Crippen LogP contribution in [0.1, 0.15) is 6.42 Å². The number of hydrogen-bond acceptors (Lipinski definition) is 4. The van der Waals surface area contributed by atoms with E-state index >= 15 is 0 Å². The molecule has 0 radical (unpaired) electrons. The molecular weight excluding hydrogens is 230 g/mol. The molecule has 0 amide bonds. The molecule has 0 aliphatic carbocycles. The average molecular weight is 241 g/mol. The van der Waals surface area contributed by atoms with E-state index in [4.69, 9.17) is 4.74 Å². The van der Waals surface area contributed by atoms with Crippen LogP contribution in [0.25, 0.3) is 16.8 Å². The SMILES string of the molecule is c1cc2nncn2cc1-c1cnn2c1OCCC2. The molecule has 0 N–H and O–H groups in total. The zero-order valence-electron chi connectivity index (χ0n) is 9.65. The first-order chi connectivity index (χ1) is 8.92. The molecule has 6 heteroatoms. The van der Waals surface area contributed by atoms with E-state index in [2.05, 4.69) is 15.3 Å². The van der Waals surface area contributed by atoms with Crippen LogP contribution in [0.3, 0.4) is 0 Å². The maximum absolute atomic E-state index is 5.70. The fourth-order valence-corrected chi connectivity index (χ4v) is 2.25. The van der Waals surface area contributed by atoms with Gasteiger partial charge in [0.2, 0.25) is 5.88 Å². The van der Waals surface area contributed by atoms with Crippen LogP contribution in [0.15, 0.2) is 30.9 Å². The maximum Gasteiger partial charge on any atom is 0.219 e. The van der Waals surface area contributed by atoms with Crippen LogP contribution in [0.2, 0.25) is 0 Å². The minimum Gasteiger partial charge on any atom is -0.477 e. The normalized spacial score (nSPS) is 14.4.